The van der Waals surface area contributed by atoms with Crippen molar-refractivity contribution in [1.29, 1.82) is 0 Å². The SMILES string of the molecule is CCN(CC)C(=O)COF. The monoisotopic (exact) mass is 149 g/mol. The lowest BCUT2D eigenvalue weighted by Crippen LogP contribution is -2.32. The van der Waals surface area contributed by atoms with E-state index >= 15 is 0 Å². The van der Waals surface area contributed by atoms with Gasteiger partial charge in [-0.1, -0.05) is 0 Å². The number of amides is 1. The molecule has 1 amide bonds. The van der Waals surface area contributed by atoms with Crippen LogP contribution < -0.4 is 0 Å². The zero-order valence-corrected chi connectivity index (χ0v) is 6.26. The number of carbonyl (C=O) groups excluding carboxylic acids is 1. The van der Waals surface area contributed by atoms with E-state index in [4.69, 9.17) is 0 Å². The molecule has 0 aliphatic rings. The van der Waals surface area contributed by atoms with Gasteiger partial charge in [0.15, 0.2) is 6.61 Å². The van der Waals surface area contributed by atoms with E-state index in [9.17, 15) is 9.32 Å². The van der Waals surface area contributed by atoms with Gasteiger partial charge in [0.25, 0.3) is 5.91 Å². The molecule has 0 heterocycles. The highest BCUT2D eigenvalue weighted by Gasteiger charge is 2.08. The Kier molecular flexibility index (Phi) is 4.84. The molecular formula is C6H12FNO2. The molecule has 0 atom stereocenters. The predicted octanol–water partition coefficient (Wildman–Crippen LogP) is 0.756. The van der Waals surface area contributed by atoms with Crippen molar-refractivity contribution in [3.63, 3.8) is 0 Å². The molecular weight excluding hydrogens is 137 g/mol. The van der Waals surface area contributed by atoms with Crippen LogP contribution in [0.2, 0.25) is 0 Å². The highest BCUT2D eigenvalue weighted by atomic mass is 19.3. The standard InChI is InChI=1S/C6H12FNO2/c1-3-8(4-2)6(9)5-10-7/h3-5H2,1-2H3. The van der Waals surface area contributed by atoms with Crippen molar-refractivity contribution >= 4 is 5.91 Å². The van der Waals surface area contributed by atoms with Crippen LogP contribution in [0, 0.1) is 0 Å². The number of halogens is 1. The molecule has 0 aliphatic carbocycles. The molecule has 0 saturated carbocycles. The number of nitrogens with zero attached hydrogens (tertiary/aromatic N) is 1. The first-order valence-electron chi connectivity index (χ1n) is 3.27. The van der Waals surface area contributed by atoms with Gasteiger partial charge in [0.2, 0.25) is 0 Å². The van der Waals surface area contributed by atoms with Crippen LogP contribution in [0.4, 0.5) is 4.53 Å². The second-order valence-electron chi connectivity index (χ2n) is 1.82. The van der Waals surface area contributed by atoms with Gasteiger partial charge >= 0.3 is 0 Å². The Labute approximate surface area is 59.7 Å². The van der Waals surface area contributed by atoms with E-state index < -0.39 is 6.61 Å². The molecule has 0 bridgehead atoms. The Morgan fingerprint density at radius 2 is 2.00 bits per heavy atom. The Hall–Kier alpha value is -0.640. The molecule has 0 N–H and O–H groups in total. The lowest BCUT2D eigenvalue weighted by atomic mass is 10.5. The fourth-order valence-corrected chi connectivity index (χ4v) is 0.714. The highest BCUT2D eigenvalue weighted by Crippen LogP contribution is 1.89. The summed E-state index contributed by atoms with van der Waals surface area (Å²) in [6, 6.07) is 0. The van der Waals surface area contributed by atoms with Gasteiger partial charge in [0.1, 0.15) is 0 Å². The maximum absolute atomic E-state index is 11.1. The quantitative estimate of drug-likeness (QED) is 0.590. The largest absolute Gasteiger partial charge is 0.341 e. The van der Waals surface area contributed by atoms with Gasteiger partial charge in [-0.05, 0) is 18.4 Å². The zero-order valence-electron chi connectivity index (χ0n) is 6.26. The maximum atomic E-state index is 11.1. The van der Waals surface area contributed by atoms with Crippen LogP contribution in [0.1, 0.15) is 13.8 Å². The van der Waals surface area contributed by atoms with Gasteiger partial charge in [-0.25, -0.2) is 0 Å². The topological polar surface area (TPSA) is 29.5 Å². The Morgan fingerprint density at radius 3 is 2.30 bits per heavy atom. The minimum absolute atomic E-state index is 0.312. The Morgan fingerprint density at radius 1 is 1.50 bits per heavy atom. The molecule has 4 heteroatoms. The molecule has 0 rings (SSSR count). The molecule has 0 unspecified atom stereocenters. The molecule has 0 aliphatic heterocycles. The molecule has 3 nitrogen and oxygen atoms in total. The fraction of sp³-hybridized carbons (Fsp3) is 0.833. The van der Waals surface area contributed by atoms with E-state index in [1.165, 1.54) is 4.90 Å². The summed E-state index contributed by atoms with van der Waals surface area (Å²) in [6.07, 6.45) is 0. The van der Waals surface area contributed by atoms with E-state index in [0.29, 0.717) is 13.1 Å². The molecule has 0 aromatic heterocycles. The van der Waals surface area contributed by atoms with Gasteiger partial charge < -0.3 is 4.90 Å². The van der Waals surface area contributed by atoms with Gasteiger partial charge in [-0.3, -0.25) is 4.79 Å². The number of likely N-dealkylation sites (N-methyl/N-ethyl adjacent to an activating group) is 1. The Balaban J connectivity index is 3.65. The second-order valence-corrected chi connectivity index (χ2v) is 1.82. The van der Waals surface area contributed by atoms with Crippen LogP contribution in [-0.2, 0) is 9.74 Å². The van der Waals surface area contributed by atoms with Crippen molar-refractivity contribution in [1.82, 2.24) is 4.90 Å². The highest BCUT2D eigenvalue weighted by molar-refractivity contribution is 5.77. The second kappa shape index (κ2) is 5.17. The van der Waals surface area contributed by atoms with Crippen LogP contribution in [-0.4, -0.2) is 30.5 Å². The third-order valence-corrected chi connectivity index (χ3v) is 1.29. The van der Waals surface area contributed by atoms with Crippen LogP contribution in [0.25, 0.3) is 0 Å². The van der Waals surface area contributed by atoms with Crippen LogP contribution in [0.3, 0.4) is 0 Å². The fourth-order valence-electron chi connectivity index (χ4n) is 0.714. The number of rotatable bonds is 4. The number of carbonyl (C=O) groups is 1. The first-order chi connectivity index (χ1) is 4.76. The lowest BCUT2D eigenvalue weighted by Gasteiger charge is -2.16. The predicted molar refractivity (Wildman–Crippen MR) is 35.0 cm³/mol. The lowest BCUT2D eigenvalue weighted by molar-refractivity contribution is -0.164. The molecule has 10 heavy (non-hydrogen) atoms. The van der Waals surface area contributed by atoms with E-state index in [2.05, 4.69) is 4.94 Å². The van der Waals surface area contributed by atoms with E-state index in [0.717, 1.165) is 0 Å². The summed E-state index contributed by atoms with van der Waals surface area (Å²) in [5.41, 5.74) is 0. The van der Waals surface area contributed by atoms with Crippen molar-refractivity contribution in [2.45, 2.75) is 13.8 Å². The molecule has 0 aromatic rings. The van der Waals surface area contributed by atoms with Gasteiger partial charge in [-0.2, -0.15) is 4.94 Å². The van der Waals surface area contributed by atoms with Crippen molar-refractivity contribution < 1.29 is 14.3 Å². The summed E-state index contributed by atoms with van der Waals surface area (Å²) in [5, 5.41) is 0. The molecule has 0 spiro atoms. The van der Waals surface area contributed by atoms with Gasteiger partial charge in [0.05, 0.1) is 0 Å². The molecule has 0 fully saturated rings. The smallest absolute Gasteiger partial charge is 0.252 e. The van der Waals surface area contributed by atoms with E-state index in [1.807, 2.05) is 13.8 Å². The zero-order chi connectivity index (χ0) is 7.98. The van der Waals surface area contributed by atoms with E-state index in [-0.39, 0.29) is 5.91 Å². The molecule has 0 saturated heterocycles. The number of hydrogen-bond acceptors (Lipinski definition) is 2. The van der Waals surface area contributed by atoms with Crippen molar-refractivity contribution in [2.24, 2.45) is 0 Å². The van der Waals surface area contributed by atoms with Gasteiger partial charge in [0, 0.05) is 13.1 Å². The van der Waals surface area contributed by atoms with Crippen LogP contribution >= 0.6 is 0 Å². The first kappa shape index (κ1) is 9.36. The van der Waals surface area contributed by atoms with E-state index in [1.54, 1.807) is 0 Å². The van der Waals surface area contributed by atoms with Crippen LogP contribution in [0.5, 0.6) is 0 Å². The summed E-state index contributed by atoms with van der Waals surface area (Å²) < 4.78 is 11.1. The summed E-state index contributed by atoms with van der Waals surface area (Å²) in [7, 11) is 0. The van der Waals surface area contributed by atoms with Crippen LogP contribution in [0.15, 0.2) is 0 Å². The Bertz CT molecular complexity index is 104. The van der Waals surface area contributed by atoms with Crippen molar-refractivity contribution in [3.8, 4) is 0 Å². The summed E-state index contributed by atoms with van der Waals surface area (Å²) in [5.74, 6) is -0.312. The first-order valence-corrected chi connectivity index (χ1v) is 3.27. The third-order valence-electron chi connectivity index (χ3n) is 1.29. The normalized spacial score (nSPS) is 9.50. The van der Waals surface area contributed by atoms with Gasteiger partial charge in [-0.15, -0.1) is 0 Å². The average molecular weight is 149 g/mol. The average Bonchev–Trinajstić information content (AvgIpc) is 1.91. The van der Waals surface area contributed by atoms with Crippen molar-refractivity contribution in [3.05, 3.63) is 0 Å². The molecule has 60 valence electrons. The minimum atomic E-state index is -0.471. The van der Waals surface area contributed by atoms with Crippen molar-refractivity contribution in [2.75, 3.05) is 19.7 Å². The summed E-state index contributed by atoms with van der Waals surface area (Å²) in [6.45, 7) is 4.39. The maximum Gasteiger partial charge on any atom is 0.252 e. The summed E-state index contributed by atoms with van der Waals surface area (Å²) >= 11 is 0. The minimum Gasteiger partial charge on any atom is -0.341 e. The molecule has 0 radical (unpaired) electrons. The third kappa shape index (κ3) is 2.77. The summed E-state index contributed by atoms with van der Waals surface area (Å²) in [4.78, 5) is 15.5. The molecule has 0 aromatic carbocycles. The number of hydrogen-bond donors (Lipinski definition) is 0.